The first-order valence-corrected chi connectivity index (χ1v) is 9.55. The van der Waals surface area contributed by atoms with Gasteiger partial charge in [-0.05, 0) is 29.8 Å². The van der Waals surface area contributed by atoms with Crippen molar-refractivity contribution in [1.29, 1.82) is 0 Å². The second kappa shape index (κ2) is 9.21. The van der Waals surface area contributed by atoms with Crippen LogP contribution in [0.1, 0.15) is 23.7 Å². The standard InChI is InChI=1S/C21H25N3O4/c1-2-28-21(27)24-13-11-23(12-14-24)19(25)9-10-22-20(26)18-8-7-16-5-3-4-6-17(16)15-18/h3-8,15H,2,9-14H2,1H3,(H,22,26). The van der Waals surface area contributed by atoms with E-state index in [0.29, 0.717) is 38.3 Å². The molecule has 0 radical (unpaired) electrons. The number of piperazine rings is 1. The maximum atomic E-state index is 12.3. The Hall–Kier alpha value is -3.09. The topological polar surface area (TPSA) is 79.0 Å². The van der Waals surface area contributed by atoms with E-state index in [9.17, 15) is 14.4 Å². The van der Waals surface area contributed by atoms with Crippen LogP contribution in [0, 0.1) is 0 Å². The molecule has 1 saturated heterocycles. The summed E-state index contributed by atoms with van der Waals surface area (Å²) in [5.41, 5.74) is 0.578. The summed E-state index contributed by atoms with van der Waals surface area (Å²) in [6, 6.07) is 13.4. The summed E-state index contributed by atoms with van der Waals surface area (Å²) in [6.07, 6.45) is -0.101. The van der Waals surface area contributed by atoms with Crippen LogP contribution in [0.2, 0.25) is 0 Å². The predicted molar refractivity (Wildman–Crippen MR) is 106 cm³/mol. The van der Waals surface area contributed by atoms with E-state index >= 15 is 0 Å². The third-order valence-corrected chi connectivity index (χ3v) is 4.79. The fourth-order valence-corrected chi connectivity index (χ4v) is 3.23. The van der Waals surface area contributed by atoms with Gasteiger partial charge < -0.3 is 19.9 Å². The molecule has 1 N–H and O–H groups in total. The Morgan fingerprint density at radius 1 is 0.964 bits per heavy atom. The molecule has 7 nitrogen and oxygen atoms in total. The quantitative estimate of drug-likeness (QED) is 0.859. The van der Waals surface area contributed by atoms with Gasteiger partial charge in [0.1, 0.15) is 0 Å². The molecule has 1 heterocycles. The molecule has 28 heavy (non-hydrogen) atoms. The van der Waals surface area contributed by atoms with Crippen LogP contribution < -0.4 is 5.32 Å². The molecular formula is C21H25N3O4. The number of benzene rings is 2. The highest BCUT2D eigenvalue weighted by Crippen LogP contribution is 2.15. The number of rotatable bonds is 5. The second-order valence-electron chi connectivity index (χ2n) is 6.63. The Morgan fingerprint density at radius 2 is 1.64 bits per heavy atom. The zero-order valence-electron chi connectivity index (χ0n) is 16.0. The summed E-state index contributed by atoms with van der Waals surface area (Å²) < 4.78 is 4.97. The molecule has 0 atom stereocenters. The average molecular weight is 383 g/mol. The van der Waals surface area contributed by atoms with Crippen molar-refractivity contribution < 1.29 is 19.1 Å². The molecule has 0 saturated carbocycles. The van der Waals surface area contributed by atoms with Gasteiger partial charge >= 0.3 is 6.09 Å². The van der Waals surface area contributed by atoms with Crippen molar-refractivity contribution in [3.8, 4) is 0 Å². The molecule has 1 fully saturated rings. The predicted octanol–water partition coefficient (Wildman–Crippen LogP) is 2.26. The highest BCUT2D eigenvalue weighted by atomic mass is 16.6. The van der Waals surface area contributed by atoms with E-state index in [1.54, 1.807) is 22.8 Å². The number of amides is 3. The molecule has 3 amide bonds. The molecule has 0 aromatic heterocycles. The summed E-state index contributed by atoms with van der Waals surface area (Å²) >= 11 is 0. The summed E-state index contributed by atoms with van der Waals surface area (Å²) in [6.45, 7) is 4.29. The monoisotopic (exact) mass is 383 g/mol. The minimum Gasteiger partial charge on any atom is -0.450 e. The first kappa shape index (κ1) is 19.7. The number of nitrogens with one attached hydrogen (secondary N) is 1. The normalized spacial score (nSPS) is 14.0. The molecule has 1 aliphatic heterocycles. The molecule has 2 aromatic carbocycles. The van der Waals surface area contributed by atoms with Crippen LogP contribution in [0.25, 0.3) is 10.8 Å². The highest BCUT2D eigenvalue weighted by Gasteiger charge is 2.24. The number of hydrogen-bond donors (Lipinski definition) is 1. The van der Waals surface area contributed by atoms with E-state index in [4.69, 9.17) is 4.74 Å². The first-order chi connectivity index (χ1) is 13.6. The second-order valence-corrected chi connectivity index (χ2v) is 6.63. The smallest absolute Gasteiger partial charge is 0.409 e. The summed E-state index contributed by atoms with van der Waals surface area (Å²) in [5, 5.41) is 4.89. The Kier molecular flexibility index (Phi) is 6.47. The fourth-order valence-electron chi connectivity index (χ4n) is 3.23. The number of carbonyl (C=O) groups excluding carboxylic acids is 3. The minimum absolute atomic E-state index is 0.0256. The van der Waals surface area contributed by atoms with E-state index in [0.717, 1.165) is 10.8 Å². The van der Waals surface area contributed by atoms with Crippen LogP contribution in [-0.4, -0.2) is 67.0 Å². The van der Waals surface area contributed by atoms with Gasteiger partial charge in [-0.3, -0.25) is 9.59 Å². The minimum atomic E-state index is -0.336. The van der Waals surface area contributed by atoms with Gasteiger partial charge in [-0.15, -0.1) is 0 Å². The molecule has 0 unspecified atom stereocenters. The Bertz CT molecular complexity index is 860. The lowest BCUT2D eigenvalue weighted by Crippen LogP contribution is -2.51. The Balaban J connectivity index is 1.43. The lowest BCUT2D eigenvalue weighted by molar-refractivity contribution is -0.132. The fraction of sp³-hybridized carbons (Fsp3) is 0.381. The van der Waals surface area contributed by atoms with Gasteiger partial charge in [-0.25, -0.2) is 4.79 Å². The van der Waals surface area contributed by atoms with Crippen LogP contribution in [-0.2, 0) is 9.53 Å². The molecule has 2 aromatic rings. The summed E-state index contributed by atoms with van der Waals surface area (Å²) in [4.78, 5) is 39.7. The van der Waals surface area contributed by atoms with Gasteiger partial charge in [0.05, 0.1) is 6.61 Å². The number of nitrogens with zero attached hydrogens (tertiary/aromatic N) is 2. The lowest BCUT2D eigenvalue weighted by Gasteiger charge is -2.34. The molecular weight excluding hydrogens is 358 g/mol. The largest absolute Gasteiger partial charge is 0.450 e. The van der Waals surface area contributed by atoms with Crippen molar-refractivity contribution >= 4 is 28.7 Å². The van der Waals surface area contributed by atoms with Crippen LogP contribution >= 0.6 is 0 Å². The Labute approximate surface area is 164 Å². The third kappa shape index (κ3) is 4.79. The van der Waals surface area contributed by atoms with Gasteiger partial charge in [0.2, 0.25) is 5.91 Å². The van der Waals surface area contributed by atoms with Gasteiger partial charge in [-0.1, -0.05) is 30.3 Å². The van der Waals surface area contributed by atoms with Crippen molar-refractivity contribution in [2.75, 3.05) is 39.3 Å². The van der Waals surface area contributed by atoms with Gasteiger partial charge in [0.25, 0.3) is 5.91 Å². The van der Waals surface area contributed by atoms with Crippen molar-refractivity contribution in [2.45, 2.75) is 13.3 Å². The zero-order valence-corrected chi connectivity index (χ0v) is 16.0. The van der Waals surface area contributed by atoms with Crippen molar-refractivity contribution in [3.63, 3.8) is 0 Å². The van der Waals surface area contributed by atoms with Crippen molar-refractivity contribution in [3.05, 3.63) is 48.0 Å². The SMILES string of the molecule is CCOC(=O)N1CCN(C(=O)CCNC(=O)c2ccc3ccccc3c2)CC1. The molecule has 1 aliphatic rings. The number of ether oxygens (including phenoxy) is 1. The van der Waals surface area contributed by atoms with E-state index in [2.05, 4.69) is 5.32 Å². The van der Waals surface area contributed by atoms with Crippen molar-refractivity contribution in [2.24, 2.45) is 0 Å². The Morgan fingerprint density at radius 3 is 2.36 bits per heavy atom. The molecule has 3 rings (SSSR count). The molecule has 148 valence electrons. The summed E-state index contributed by atoms with van der Waals surface area (Å²) in [5.74, 6) is -0.215. The lowest BCUT2D eigenvalue weighted by atomic mass is 10.1. The number of hydrogen-bond acceptors (Lipinski definition) is 4. The zero-order chi connectivity index (χ0) is 19.9. The molecule has 0 aliphatic carbocycles. The molecule has 7 heteroatoms. The highest BCUT2D eigenvalue weighted by molar-refractivity contribution is 5.98. The van der Waals surface area contributed by atoms with E-state index < -0.39 is 0 Å². The maximum absolute atomic E-state index is 12.3. The molecule has 0 spiro atoms. The van der Waals surface area contributed by atoms with E-state index in [1.165, 1.54) is 0 Å². The average Bonchev–Trinajstić information content (AvgIpc) is 2.73. The van der Waals surface area contributed by atoms with Crippen LogP contribution in [0.5, 0.6) is 0 Å². The summed E-state index contributed by atoms with van der Waals surface area (Å²) in [7, 11) is 0. The van der Waals surface area contributed by atoms with Crippen LogP contribution in [0.15, 0.2) is 42.5 Å². The molecule has 0 bridgehead atoms. The van der Waals surface area contributed by atoms with Gasteiger partial charge in [-0.2, -0.15) is 0 Å². The van der Waals surface area contributed by atoms with Crippen LogP contribution in [0.4, 0.5) is 4.79 Å². The van der Waals surface area contributed by atoms with Gasteiger partial charge in [0.15, 0.2) is 0 Å². The van der Waals surface area contributed by atoms with Crippen LogP contribution in [0.3, 0.4) is 0 Å². The number of fused-ring (bicyclic) bond motifs is 1. The third-order valence-electron chi connectivity index (χ3n) is 4.79. The van der Waals surface area contributed by atoms with Crippen molar-refractivity contribution in [1.82, 2.24) is 15.1 Å². The maximum Gasteiger partial charge on any atom is 0.409 e. The van der Waals surface area contributed by atoms with Gasteiger partial charge in [0, 0.05) is 44.7 Å². The first-order valence-electron chi connectivity index (χ1n) is 9.55. The van der Waals surface area contributed by atoms with E-state index in [-0.39, 0.29) is 30.9 Å². The van der Waals surface area contributed by atoms with E-state index in [1.807, 2.05) is 36.4 Å². The number of carbonyl (C=O) groups is 3.